The zero-order valence-electron chi connectivity index (χ0n) is 10.5. The molecule has 18 heavy (non-hydrogen) atoms. The van der Waals surface area contributed by atoms with Gasteiger partial charge in [-0.1, -0.05) is 31.5 Å². The van der Waals surface area contributed by atoms with Crippen LogP contribution in [-0.2, 0) is 0 Å². The normalized spacial score (nSPS) is 15.6. The van der Waals surface area contributed by atoms with Crippen molar-refractivity contribution in [1.82, 2.24) is 9.55 Å². The SMILES string of the molecule is CC(C)c1nc2cccc(Cl)c2c(=O)n1C1CC1. The van der Waals surface area contributed by atoms with Crippen molar-refractivity contribution in [3.8, 4) is 0 Å². The molecule has 3 nitrogen and oxygen atoms in total. The van der Waals surface area contributed by atoms with Crippen LogP contribution in [0.3, 0.4) is 0 Å². The fraction of sp³-hybridized carbons (Fsp3) is 0.429. The average molecular weight is 263 g/mol. The number of hydrogen-bond donors (Lipinski definition) is 0. The third kappa shape index (κ3) is 1.74. The molecule has 0 unspecified atom stereocenters. The minimum Gasteiger partial charge on any atom is -0.293 e. The smallest absolute Gasteiger partial charge is 0.263 e. The van der Waals surface area contributed by atoms with Crippen molar-refractivity contribution in [2.45, 2.75) is 38.6 Å². The number of nitrogens with zero attached hydrogens (tertiary/aromatic N) is 2. The molecule has 94 valence electrons. The van der Waals surface area contributed by atoms with E-state index in [0.717, 1.165) is 18.7 Å². The number of fused-ring (bicyclic) bond motifs is 1. The first-order valence-electron chi connectivity index (χ1n) is 6.30. The van der Waals surface area contributed by atoms with Crippen molar-refractivity contribution in [2.24, 2.45) is 0 Å². The lowest BCUT2D eigenvalue weighted by Gasteiger charge is -2.15. The molecular weight excluding hydrogens is 248 g/mol. The first-order valence-corrected chi connectivity index (χ1v) is 6.68. The lowest BCUT2D eigenvalue weighted by Crippen LogP contribution is -2.25. The second-order valence-corrected chi connectivity index (χ2v) is 5.57. The Morgan fingerprint density at radius 1 is 1.39 bits per heavy atom. The fourth-order valence-electron chi connectivity index (χ4n) is 2.31. The third-order valence-corrected chi connectivity index (χ3v) is 3.65. The Kier molecular flexibility index (Phi) is 2.67. The van der Waals surface area contributed by atoms with E-state index < -0.39 is 0 Å². The van der Waals surface area contributed by atoms with E-state index in [9.17, 15) is 4.79 Å². The predicted molar refractivity (Wildman–Crippen MR) is 73.4 cm³/mol. The average Bonchev–Trinajstić information content (AvgIpc) is 3.12. The van der Waals surface area contributed by atoms with Crippen molar-refractivity contribution in [3.05, 3.63) is 39.4 Å². The van der Waals surface area contributed by atoms with Gasteiger partial charge in [0.25, 0.3) is 5.56 Å². The number of benzene rings is 1. The van der Waals surface area contributed by atoms with Gasteiger partial charge < -0.3 is 0 Å². The summed E-state index contributed by atoms with van der Waals surface area (Å²) in [5.41, 5.74) is 0.713. The Bertz CT molecular complexity index is 671. The molecule has 0 N–H and O–H groups in total. The summed E-state index contributed by atoms with van der Waals surface area (Å²) < 4.78 is 1.85. The van der Waals surface area contributed by atoms with Crippen LogP contribution in [0.15, 0.2) is 23.0 Å². The van der Waals surface area contributed by atoms with Gasteiger partial charge in [-0.15, -0.1) is 0 Å². The van der Waals surface area contributed by atoms with Gasteiger partial charge in [0, 0.05) is 12.0 Å². The molecule has 0 radical (unpaired) electrons. The van der Waals surface area contributed by atoms with E-state index in [4.69, 9.17) is 11.6 Å². The van der Waals surface area contributed by atoms with Gasteiger partial charge >= 0.3 is 0 Å². The van der Waals surface area contributed by atoms with E-state index in [1.807, 2.05) is 16.7 Å². The molecule has 0 atom stereocenters. The molecule has 1 aromatic heterocycles. The lowest BCUT2D eigenvalue weighted by atomic mass is 10.1. The zero-order chi connectivity index (χ0) is 12.9. The summed E-state index contributed by atoms with van der Waals surface area (Å²) in [6.07, 6.45) is 2.13. The van der Waals surface area contributed by atoms with E-state index in [2.05, 4.69) is 18.8 Å². The molecule has 1 aromatic carbocycles. The maximum Gasteiger partial charge on any atom is 0.263 e. The molecule has 2 aromatic rings. The molecule has 1 fully saturated rings. The van der Waals surface area contributed by atoms with E-state index in [1.54, 1.807) is 6.07 Å². The van der Waals surface area contributed by atoms with Gasteiger partial charge in [0.15, 0.2) is 0 Å². The summed E-state index contributed by atoms with van der Waals surface area (Å²) in [5, 5.41) is 1.05. The van der Waals surface area contributed by atoms with E-state index in [0.29, 0.717) is 22.0 Å². The number of aromatic nitrogens is 2. The number of hydrogen-bond acceptors (Lipinski definition) is 2. The van der Waals surface area contributed by atoms with E-state index >= 15 is 0 Å². The maximum absolute atomic E-state index is 12.6. The van der Waals surface area contributed by atoms with Gasteiger partial charge in [0.05, 0.1) is 15.9 Å². The molecule has 0 amide bonds. The van der Waals surface area contributed by atoms with Gasteiger partial charge in [-0.3, -0.25) is 9.36 Å². The lowest BCUT2D eigenvalue weighted by molar-refractivity contribution is 0.605. The molecular formula is C14H15ClN2O. The largest absolute Gasteiger partial charge is 0.293 e. The number of rotatable bonds is 2. The van der Waals surface area contributed by atoms with Crippen LogP contribution < -0.4 is 5.56 Å². The highest BCUT2D eigenvalue weighted by Gasteiger charge is 2.29. The van der Waals surface area contributed by atoms with Crippen molar-refractivity contribution in [1.29, 1.82) is 0 Å². The summed E-state index contributed by atoms with van der Waals surface area (Å²) >= 11 is 6.14. The van der Waals surface area contributed by atoms with Crippen LogP contribution in [0.1, 0.15) is 44.5 Å². The highest BCUT2D eigenvalue weighted by Crippen LogP contribution is 2.36. The van der Waals surface area contributed by atoms with Gasteiger partial charge in [-0.2, -0.15) is 0 Å². The van der Waals surface area contributed by atoms with Crippen molar-refractivity contribution in [2.75, 3.05) is 0 Å². The van der Waals surface area contributed by atoms with Crippen molar-refractivity contribution < 1.29 is 0 Å². The van der Waals surface area contributed by atoms with Gasteiger partial charge in [0.1, 0.15) is 5.82 Å². The minimum absolute atomic E-state index is 0.0109. The second kappa shape index (κ2) is 4.09. The predicted octanol–water partition coefficient (Wildman–Crippen LogP) is 3.51. The second-order valence-electron chi connectivity index (χ2n) is 5.16. The molecule has 1 heterocycles. The highest BCUT2D eigenvalue weighted by atomic mass is 35.5. The van der Waals surface area contributed by atoms with Crippen LogP contribution in [0.4, 0.5) is 0 Å². The first-order chi connectivity index (χ1) is 8.59. The van der Waals surface area contributed by atoms with Crippen LogP contribution in [-0.4, -0.2) is 9.55 Å². The van der Waals surface area contributed by atoms with E-state index in [1.165, 1.54) is 0 Å². The monoisotopic (exact) mass is 262 g/mol. The molecule has 1 aliphatic carbocycles. The van der Waals surface area contributed by atoms with Crippen LogP contribution in [0.5, 0.6) is 0 Å². The topological polar surface area (TPSA) is 34.9 Å². The summed E-state index contributed by atoms with van der Waals surface area (Å²) in [6.45, 7) is 4.13. The quantitative estimate of drug-likeness (QED) is 0.830. The molecule has 1 aliphatic rings. The summed E-state index contributed by atoms with van der Waals surface area (Å²) in [4.78, 5) is 17.2. The molecule has 3 rings (SSSR count). The van der Waals surface area contributed by atoms with Crippen LogP contribution in [0, 0.1) is 0 Å². The Hall–Kier alpha value is -1.35. The Morgan fingerprint density at radius 2 is 2.11 bits per heavy atom. The Morgan fingerprint density at radius 3 is 2.72 bits per heavy atom. The Labute approximate surface area is 110 Å². The van der Waals surface area contributed by atoms with Gasteiger partial charge in [-0.05, 0) is 25.0 Å². The van der Waals surface area contributed by atoms with Crippen molar-refractivity contribution in [3.63, 3.8) is 0 Å². The molecule has 0 spiro atoms. The standard InChI is InChI=1S/C14H15ClN2O/c1-8(2)13-16-11-5-3-4-10(15)12(11)14(18)17(13)9-6-7-9/h3-5,8-9H,6-7H2,1-2H3. The van der Waals surface area contributed by atoms with Gasteiger partial charge in [0.2, 0.25) is 0 Å². The van der Waals surface area contributed by atoms with Crippen LogP contribution in [0.2, 0.25) is 5.02 Å². The Balaban J connectivity index is 2.42. The molecule has 1 saturated carbocycles. The molecule has 0 aliphatic heterocycles. The summed E-state index contributed by atoms with van der Waals surface area (Å²) in [6, 6.07) is 5.76. The molecule has 4 heteroatoms. The molecule has 0 bridgehead atoms. The molecule has 0 saturated heterocycles. The first kappa shape index (κ1) is 11.7. The van der Waals surface area contributed by atoms with E-state index in [-0.39, 0.29) is 11.5 Å². The number of halogens is 1. The van der Waals surface area contributed by atoms with Gasteiger partial charge in [-0.25, -0.2) is 4.98 Å². The third-order valence-electron chi connectivity index (χ3n) is 3.33. The van der Waals surface area contributed by atoms with Crippen LogP contribution in [0.25, 0.3) is 10.9 Å². The highest BCUT2D eigenvalue weighted by molar-refractivity contribution is 6.35. The van der Waals surface area contributed by atoms with Crippen LogP contribution >= 0.6 is 11.6 Å². The van der Waals surface area contributed by atoms with Crippen molar-refractivity contribution >= 4 is 22.5 Å². The minimum atomic E-state index is 0.0109. The summed E-state index contributed by atoms with van der Waals surface area (Å²) in [5.74, 6) is 1.11. The summed E-state index contributed by atoms with van der Waals surface area (Å²) in [7, 11) is 0. The zero-order valence-corrected chi connectivity index (χ0v) is 11.2. The maximum atomic E-state index is 12.6. The fourth-order valence-corrected chi connectivity index (χ4v) is 2.56.